The molecule has 0 spiro atoms. The summed E-state index contributed by atoms with van der Waals surface area (Å²) < 4.78 is 0. The van der Waals surface area contributed by atoms with Crippen molar-refractivity contribution in [2.75, 3.05) is 11.4 Å². The highest BCUT2D eigenvalue weighted by molar-refractivity contribution is 6.32. The number of amides is 1. The van der Waals surface area contributed by atoms with Crippen LogP contribution >= 0.6 is 11.6 Å². The van der Waals surface area contributed by atoms with Crippen molar-refractivity contribution in [3.05, 3.63) is 65.2 Å². The summed E-state index contributed by atoms with van der Waals surface area (Å²) in [4.78, 5) is 14.6. The molecule has 1 atom stereocenters. The quantitative estimate of drug-likeness (QED) is 0.759. The fourth-order valence-corrected chi connectivity index (χ4v) is 3.12. The third-order valence-corrected chi connectivity index (χ3v) is 4.37. The van der Waals surface area contributed by atoms with Crippen molar-refractivity contribution in [1.29, 1.82) is 0 Å². The number of rotatable bonds is 2. The average molecular weight is 300 g/mol. The molecule has 108 valence electrons. The Hall–Kier alpha value is -1.80. The van der Waals surface area contributed by atoms with Gasteiger partial charge >= 0.3 is 0 Å². The minimum Gasteiger partial charge on any atom is -0.311 e. The lowest BCUT2D eigenvalue weighted by molar-refractivity contribution is -0.118. The largest absolute Gasteiger partial charge is 0.311 e. The van der Waals surface area contributed by atoms with Crippen LogP contribution in [0.3, 0.4) is 0 Å². The summed E-state index contributed by atoms with van der Waals surface area (Å²) in [5.74, 6) is -0.0346. The summed E-state index contributed by atoms with van der Waals surface area (Å²) in [6.07, 6.45) is 2.01. The number of alkyl halides is 1. The van der Waals surface area contributed by atoms with E-state index in [0.29, 0.717) is 0 Å². The maximum atomic E-state index is 12.7. The van der Waals surface area contributed by atoms with Crippen molar-refractivity contribution >= 4 is 23.2 Å². The Morgan fingerprint density at radius 1 is 1.19 bits per heavy atom. The van der Waals surface area contributed by atoms with E-state index >= 15 is 0 Å². The summed E-state index contributed by atoms with van der Waals surface area (Å²) in [6, 6.07) is 15.8. The second kappa shape index (κ2) is 5.90. The van der Waals surface area contributed by atoms with Gasteiger partial charge < -0.3 is 4.90 Å². The molecule has 0 N–H and O–H groups in total. The van der Waals surface area contributed by atoms with E-state index in [9.17, 15) is 4.79 Å². The minimum absolute atomic E-state index is 0.0346. The second-order valence-electron chi connectivity index (χ2n) is 5.50. The second-order valence-corrected chi connectivity index (χ2v) is 5.94. The highest BCUT2D eigenvalue weighted by atomic mass is 35.5. The molecule has 21 heavy (non-hydrogen) atoms. The molecule has 2 aromatic carbocycles. The fourth-order valence-electron chi connectivity index (χ4n) is 2.86. The molecule has 1 unspecified atom stereocenters. The smallest absolute Gasteiger partial charge is 0.249 e. The van der Waals surface area contributed by atoms with Crippen molar-refractivity contribution in [1.82, 2.24) is 0 Å². The Kier molecular flexibility index (Phi) is 3.98. The van der Waals surface area contributed by atoms with Crippen molar-refractivity contribution < 1.29 is 4.79 Å². The highest BCUT2D eigenvalue weighted by Crippen LogP contribution is 2.32. The normalized spacial score (nSPS) is 15.4. The number of carbonyl (C=O) groups is 1. The summed E-state index contributed by atoms with van der Waals surface area (Å²) in [5, 5.41) is -0.626. The molecule has 1 heterocycles. The van der Waals surface area contributed by atoms with Gasteiger partial charge in [0.15, 0.2) is 0 Å². The Morgan fingerprint density at radius 2 is 1.95 bits per heavy atom. The fraction of sp³-hybridized carbons (Fsp3) is 0.278. The maximum Gasteiger partial charge on any atom is 0.249 e. The van der Waals surface area contributed by atoms with Gasteiger partial charge in [-0.1, -0.05) is 48.0 Å². The molecule has 0 bridgehead atoms. The molecule has 0 radical (unpaired) electrons. The molecular weight excluding hydrogens is 282 g/mol. The van der Waals surface area contributed by atoms with Crippen LogP contribution in [0, 0.1) is 6.92 Å². The number of aryl methyl sites for hydroxylation is 2. The third kappa shape index (κ3) is 2.81. The van der Waals surface area contributed by atoms with Crippen molar-refractivity contribution in [3.8, 4) is 0 Å². The molecule has 0 aromatic heterocycles. The lowest BCUT2D eigenvalue weighted by Gasteiger charge is -2.31. The predicted molar refractivity (Wildman–Crippen MR) is 86.9 cm³/mol. The lowest BCUT2D eigenvalue weighted by Crippen LogP contribution is -2.37. The number of benzene rings is 2. The summed E-state index contributed by atoms with van der Waals surface area (Å²) in [7, 11) is 0. The number of nitrogens with zero attached hydrogens (tertiary/aromatic N) is 1. The lowest BCUT2D eigenvalue weighted by atomic mass is 9.99. The molecule has 1 aliphatic rings. The van der Waals surface area contributed by atoms with Crippen molar-refractivity contribution in [2.45, 2.75) is 25.1 Å². The topological polar surface area (TPSA) is 20.3 Å². The zero-order chi connectivity index (χ0) is 14.8. The van der Waals surface area contributed by atoms with Crippen LogP contribution in [0.25, 0.3) is 0 Å². The molecule has 0 fully saturated rings. The molecule has 3 heteroatoms. The van der Waals surface area contributed by atoms with Crippen molar-refractivity contribution in [3.63, 3.8) is 0 Å². The van der Waals surface area contributed by atoms with Gasteiger partial charge in [0.25, 0.3) is 0 Å². The van der Waals surface area contributed by atoms with Crippen LogP contribution in [0.2, 0.25) is 0 Å². The van der Waals surface area contributed by atoms with E-state index in [1.54, 1.807) is 0 Å². The zero-order valence-corrected chi connectivity index (χ0v) is 12.8. The first-order valence-corrected chi connectivity index (χ1v) is 7.70. The Bertz CT molecular complexity index is 654. The third-order valence-electron chi connectivity index (χ3n) is 3.93. The predicted octanol–water partition coefficient (Wildman–Crippen LogP) is 4.25. The van der Waals surface area contributed by atoms with Gasteiger partial charge in [0.2, 0.25) is 5.91 Å². The van der Waals surface area contributed by atoms with E-state index in [4.69, 9.17) is 11.6 Å². The average Bonchev–Trinajstić information content (AvgIpc) is 2.53. The van der Waals surface area contributed by atoms with Crippen LogP contribution < -0.4 is 4.90 Å². The van der Waals surface area contributed by atoms with Gasteiger partial charge in [0, 0.05) is 12.2 Å². The molecule has 1 aliphatic heterocycles. The van der Waals surface area contributed by atoms with E-state index in [-0.39, 0.29) is 5.91 Å². The van der Waals surface area contributed by atoms with E-state index < -0.39 is 5.38 Å². The van der Waals surface area contributed by atoms with Crippen LogP contribution in [0.15, 0.2) is 48.5 Å². The summed E-state index contributed by atoms with van der Waals surface area (Å²) >= 11 is 6.40. The molecule has 3 rings (SSSR count). The molecule has 0 aliphatic carbocycles. The summed E-state index contributed by atoms with van der Waals surface area (Å²) in [6.45, 7) is 2.82. The van der Waals surface area contributed by atoms with Gasteiger partial charge in [-0.15, -0.1) is 11.6 Å². The van der Waals surface area contributed by atoms with E-state index in [1.807, 2.05) is 41.3 Å². The van der Waals surface area contributed by atoms with Gasteiger partial charge in [-0.25, -0.2) is 0 Å². The number of hydrogen-bond donors (Lipinski definition) is 0. The van der Waals surface area contributed by atoms with Crippen LogP contribution in [-0.2, 0) is 11.2 Å². The van der Waals surface area contributed by atoms with Gasteiger partial charge in [-0.3, -0.25) is 4.79 Å². The zero-order valence-electron chi connectivity index (χ0n) is 12.1. The monoisotopic (exact) mass is 299 g/mol. The maximum absolute atomic E-state index is 12.7. The number of hydrogen-bond acceptors (Lipinski definition) is 1. The Labute approximate surface area is 130 Å². The molecule has 2 aromatic rings. The van der Waals surface area contributed by atoms with Gasteiger partial charge in [0.1, 0.15) is 5.38 Å². The van der Waals surface area contributed by atoms with Gasteiger partial charge in [0.05, 0.1) is 0 Å². The number of fused-ring (bicyclic) bond motifs is 1. The van der Waals surface area contributed by atoms with Crippen LogP contribution in [0.5, 0.6) is 0 Å². The molecule has 2 nitrogen and oxygen atoms in total. The first kappa shape index (κ1) is 14.2. The first-order valence-electron chi connectivity index (χ1n) is 7.27. The first-order chi connectivity index (χ1) is 10.2. The van der Waals surface area contributed by atoms with Crippen LogP contribution in [-0.4, -0.2) is 12.5 Å². The van der Waals surface area contributed by atoms with E-state index in [1.165, 1.54) is 11.1 Å². The number of anilines is 1. The molecule has 0 saturated heterocycles. The van der Waals surface area contributed by atoms with Crippen LogP contribution in [0.4, 0.5) is 5.69 Å². The van der Waals surface area contributed by atoms with Gasteiger partial charge in [-0.05, 0) is 37.0 Å². The Morgan fingerprint density at radius 3 is 2.71 bits per heavy atom. The SMILES string of the molecule is Cc1ccc2c(c1)CCCN2C(=O)C(Cl)c1ccccc1. The highest BCUT2D eigenvalue weighted by Gasteiger charge is 2.28. The Balaban J connectivity index is 1.90. The van der Waals surface area contributed by atoms with E-state index in [2.05, 4.69) is 19.1 Å². The van der Waals surface area contributed by atoms with E-state index in [0.717, 1.165) is 30.6 Å². The molecule has 1 amide bonds. The van der Waals surface area contributed by atoms with Gasteiger partial charge in [-0.2, -0.15) is 0 Å². The minimum atomic E-state index is -0.626. The molecule has 0 saturated carbocycles. The van der Waals surface area contributed by atoms with Crippen molar-refractivity contribution in [2.24, 2.45) is 0 Å². The number of carbonyl (C=O) groups excluding carboxylic acids is 1. The molecular formula is C18H18ClNO. The van der Waals surface area contributed by atoms with Crippen LogP contribution in [0.1, 0.15) is 28.5 Å². The standard InChI is InChI=1S/C18H18ClNO/c1-13-9-10-16-15(12-13)8-5-11-20(16)18(21)17(19)14-6-3-2-4-7-14/h2-4,6-7,9-10,12,17H,5,8,11H2,1H3. The summed E-state index contributed by atoms with van der Waals surface area (Å²) in [5.41, 5.74) is 4.34. The number of halogens is 1.